The number of pyridine rings is 1. The van der Waals surface area contributed by atoms with Crippen molar-refractivity contribution in [2.24, 2.45) is 5.10 Å². The third kappa shape index (κ3) is 4.01. The number of carbonyl (C=O) groups is 1. The molecule has 0 spiro atoms. The Morgan fingerprint density at radius 1 is 0.939 bits per heavy atom. The maximum absolute atomic E-state index is 13.2. The first kappa shape index (κ1) is 20.6. The third-order valence-corrected chi connectivity index (χ3v) is 5.73. The van der Waals surface area contributed by atoms with E-state index < -0.39 is 0 Å². The van der Waals surface area contributed by atoms with Gasteiger partial charge in [-0.05, 0) is 32.0 Å². The molecule has 1 amide bonds. The predicted molar refractivity (Wildman–Crippen MR) is 135 cm³/mol. The van der Waals surface area contributed by atoms with Crippen molar-refractivity contribution in [1.29, 1.82) is 0 Å². The highest BCUT2D eigenvalue weighted by Crippen LogP contribution is 2.25. The number of hydrogen-bond acceptors (Lipinski definition) is 3. The maximum atomic E-state index is 13.2. The summed E-state index contributed by atoms with van der Waals surface area (Å²) in [5.41, 5.74) is 7.85. The van der Waals surface area contributed by atoms with Crippen molar-refractivity contribution in [2.75, 3.05) is 0 Å². The van der Waals surface area contributed by atoms with E-state index in [9.17, 15) is 4.79 Å². The number of para-hydroxylation sites is 2. The number of amides is 1. The third-order valence-electron chi connectivity index (χ3n) is 5.73. The number of carbonyl (C=O) groups excluding carboxylic acids is 1. The van der Waals surface area contributed by atoms with Crippen molar-refractivity contribution >= 4 is 33.9 Å². The summed E-state index contributed by atoms with van der Waals surface area (Å²) in [6, 6.07) is 27.9. The van der Waals surface area contributed by atoms with Crippen LogP contribution in [0.2, 0.25) is 0 Å². The minimum Gasteiger partial charge on any atom is -0.344 e. The van der Waals surface area contributed by atoms with Crippen LogP contribution >= 0.6 is 0 Å². The van der Waals surface area contributed by atoms with E-state index in [1.54, 1.807) is 6.21 Å². The molecule has 0 saturated heterocycles. The second-order valence-corrected chi connectivity index (χ2v) is 8.24. The van der Waals surface area contributed by atoms with Crippen LogP contribution < -0.4 is 5.43 Å². The molecule has 0 aliphatic heterocycles. The second-order valence-electron chi connectivity index (χ2n) is 8.24. The molecule has 0 radical (unpaired) electrons. The molecule has 2 aromatic heterocycles. The summed E-state index contributed by atoms with van der Waals surface area (Å²) in [7, 11) is 0. The van der Waals surface area contributed by atoms with Crippen LogP contribution in [-0.2, 0) is 0 Å². The van der Waals surface area contributed by atoms with Gasteiger partial charge in [0.1, 0.15) is 0 Å². The molecule has 0 aliphatic carbocycles. The summed E-state index contributed by atoms with van der Waals surface area (Å²) in [4.78, 5) is 17.9. The summed E-state index contributed by atoms with van der Waals surface area (Å²) in [6.45, 7) is 4.29. The Kier molecular flexibility index (Phi) is 5.45. The lowest BCUT2D eigenvalue weighted by atomic mass is 10.0. The van der Waals surface area contributed by atoms with Gasteiger partial charge in [-0.3, -0.25) is 4.79 Å². The van der Waals surface area contributed by atoms with Crippen LogP contribution in [0.3, 0.4) is 0 Å². The lowest BCUT2D eigenvalue weighted by molar-refractivity contribution is 0.0956. The van der Waals surface area contributed by atoms with Crippen molar-refractivity contribution in [1.82, 2.24) is 15.0 Å². The summed E-state index contributed by atoms with van der Waals surface area (Å²) >= 11 is 0. The molecule has 3 aromatic carbocycles. The van der Waals surface area contributed by atoms with Gasteiger partial charge in [0.05, 0.1) is 23.0 Å². The number of benzene rings is 3. The van der Waals surface area contributed by atoms with Gasteiger partial charge in [-0.25, -0.2) is 10.4 Å². The van der Waals surface area contributed by atoms with Crippen LogP contribution in [-0.4, -0.2) is 21.7 Å². The quantitative estimate of drug-likeness (QED) is 0.265. The molecule has 5 heteroatoms. The molecule has 0 aliphatic rings. The van der Waals surface area contributed by atoms with Gasteiger partial charge >= 0.3 is 0 Å². The van der Waals surface area contributed by atoms with Gasteiger partial charge in [0.15, 0.2) is 0 Å². The average molecular weight is 433 g/mol. The van der Waals surface area contributed by atoms with Crippen molar-refractivity contribution in [2.45, 2.75) is 19.9 Å². The molecule has 2 heterocycles. The normalized spacial score (nSPS) is 11.6. The number of fused-ring (bicyclic) bond motifs is 2. The minimum absolute atomic E-state index is 0.269. The topological polar surface area (TPSA) is 59.3 Å². The van der Waals surface area contributed by atoms with Crippen LogP contribution in [0.1, 0.15) is 35.8 Å². The highest BCUT2D eigenvalue weighted by atomic mass is 16.2. The Balaban J connectivity index is 1.48. The zero-order chi connectivity index (χ0) is 22.8. The van der Waals surface area contributed by atoms with E-state index in [0.29, 0.717) is 11.6 Å². The van der Waals surface area contributed by atoms with E-state index in [-0.39, 0.29) is 5.91 Å². The van der Waals surface area contributed by atoms with Gasteiger partial charge in [-0.15, -0.1) is 0 Å². The van der Waals surface area contributed by atoms with Crippen molar-refractivity contribution in [3.05, 3.63) is 102 Å². The lowest BCUT2D eigenvalue weighted by Gasteiger charge is -2.09. The number of hydrogen-bond donors (Lipinski definition) is 1. The number of rotatable bonds is 5. The smallest absolute Gasteiger partial charge is 0.272 e. The molecule has 0 fully saturated rings. The molecule has 33 heavy (non-hydrogen) atoms. The highest BCUT2D eigenvalue weighted by molar-refractivity contribution is 6.07. The Morgan fingerprint density at radius 3 is 2.42 bits per heavy atom. The van der Waals surface area contributed by atoms with Gasteiger partial charge in [0.2, 0.25) is 0 Å². The number of aromatic nitrogens is 2. The van der Waals surface area contributed by atoms with Crippen LogP contribution in [0.15, 0.2) is 96.2 Å². The van der Waals surface area contributed by atoms with E-state index in [4.69, 9.17) is 4.98 Å². The highest BCUT2D eigenvalue weighted by Gasteiger charge is 2.14. The Morgan fingerprint density at radius 2 is 1.64 bits per heavy atom. The molecular formula is C28H24N4O. The minimum atomic E-state index is -0.269. The van der Waals surface area contributed by atoms with Gasteiger partial charge < -0.3 is 4.57 Å². The van der Waals surface area contributed by atoms with Gasteiger partial charge in [-0.2, -0.15) is 5.10 Å². The van der Waals surface area contributed by atoms with E-state index in [1.807, 2.05) is 72.8 Å². The molecule has 162 valence electrons. The molecular weight excluding hydrogens is 408 g/mol. The molecule has 5 nitrogen and oxygen atoms in total. The zero-order valence-electron chi connectivity index (χ0n) is 18.6. The molecule has 0 unspecified atom stereocenters. The van der Waals surface area contributed by atoms with Gasteiger partial charge in [0.25, 0.3) is 5.91 Å². The number of nitrogens with zero attached hydrogens (tertiary/aromatic N) is 3. The van der Waals surface area contributed by atoms with Crippen molar-refractivity contribution in [3.8, 4) is 11.3 Å². The largest absolute Gasteiger partial charge is 0.344 e. The van der Waals surface area contributed by atoms with E-state index in [0.717, 1.165) is 38.6 Å². The maximum Gasteiger partial charge on any atom is 0.272 e. The molecule has 5 aromatic rings. The summed E-state index contributed by atoms with van der Waals surface area (Å²) in [6.07, 6.45) is 3.78. The standard InChI is InChI=1S/C28H24N4O/c1-19(2)32-18-21(22-12-7-9-15-27(22)32)17-29-31-28(33)24-16-26(20-10-4-3-5-11-20)30-25-14-8-6-13-23(24)25/h3-19H,1-2H3,(H,31,33)/b29-17-. The molecule has 1 N–H and O–H groups in total. The summed E-state index contributed by atoms with van der Waals surface area (Å²) in [5, 5.41) is 6.19. The van der Waals surface area contributed by atoms with Crippen molar-refractivity contribution in [3.63, 3.8) is 0 Å². The first-order valence-electron chi connectivity index (χ1n) is 11.0. The van der Waals surface area contributed by atoms with E-state index in [2.05, 4.69) is 47.3 Å². The molecule has 0 saturated carbocycles. The van der Waals surface area contributed by atoms with Gasteiger partial charge in [-0.1, -0.05) is 66.7 Å². The number of nitrogens with one attached hydrogen (secondary N) is 1. The van der Waals surface area contributed by atoms with E-state index >= 15 is 0 Å². The molecule has 5 rings (SSSR count). The van der Waals surface area contributed by atoms with Crippen molar-refractivity contribution < 1.29 is 4.79 Å². The zero-order valence-corrected chi connectivity index (χ0v) is 18.6. The van der Waals surface area contributed by atoms with Crippen LogP contribution in [0.25, 0.3) is 33.1 Å². The average Bonchev–Trinajstić information content (AvgIpc) is 3.23. The fourth-order valence-corrected chi connectivity index (χ4v) is 4.10. The molecule has 0 atom stereocenters. The lowest BCUT2D eigenvalue weighted by Crippen LogP contribution is -2.18. The molecule has 0 bridgehead atoms. The summed E-state index contributed by atoms with van der Waals surface area (Å²) in [5.74, 6) is -0.269. The Hall–Kier alpha value is -4.25. The van der Waals surface area contributed by atoms with Crippen LogP contribution in [0, 0.1) is 0 Å². The second kappa shape index (κ2) is 8.71. The number of hydrazone groups is 1. The van der Waals surface area contributed by atoms with Crippen LogP contribution in [0.5, 0.6) is 0 Å². The SMILES string of the molecule is CC(C)n1cc(/C=N\NC(=O)c2cc(-c3ccccc3)nc3ccccc23)c2ccccc21. The predicted octanol–water partition coefficient (Wildman–Crippen LogP) is 6.20. The Labute approximate surface area is 192 Å². The fourth-order valence-electron chi connectivity index (χ4n) is 4.10. The Bertz CT molecular complexity index is 1480. The van der Waals surface area contributed by atoms with Gasteiger partial charge in [0, 0.05) is 39.7 Å². The first-order chi connectivity index (χ1) is 16.1. The van der Waals surface area contributed by atoms with Crippen LogP contribution in [0.4, 0.5) is 0 Å². The fraction of sp³-hybridized carbons (Fsp3) is 0.107. The van der Waals surface area contributed by atoms with E-state index in [1.165, 1.54) is 0 Å². The monoisotopic (exact) mass is 432 g/mol. The first-order valence-corrected chi connectivity index (χ1v) is 11.0. The summed E-state index contributed by atoms with van der Waals surface area (Å²) < 4.78 is 2.21.